The first-order valence-corrected chi connectivity index (χ1v) is 11.3. The number of ether oxygens (including phenoxy) is 1. The highest BCUT2D eigenvalue weighted by Gasteiger charge is 2.58. The molecule has 1 heterocycles. The number of ketones is 1. The van der Waals surface area contributed by atoms with Gasteiger partial charge in [-0.2, -0.15) is 0 Å². The van der Waals surface area contributed by atoms with Gasteiger partial charge < -0.3 is 4.74 Å². The number of aromatic nitrogens is 1. The number of rotatable bonds is 2. The summed E-state index contributed by atoms with van der Waals surface area (Å²) in [6.07, 6.45) is 13.7. The first-order valence-electron chi connectivity index (χ1n) is 11.3. The Bertz CT molecular complexity index is 862. The van der Waals surface area contributed by atoms with Crippen LogP contribution in [0.3, 0.4) is 0 Å². The van der Waals surface area contributed by atoms with E-state index in [0.717, 1.165) is 51.4 Å². The number of carbonyl (C=O) groups excluding carboxylic acids is 2. The molecule has 6 atom stereocenters. The lowest BCUT2D eigenvalue weighted by molar-refractivity contribution is -0.132. The van der Waals surface area contributed by atoms with Crippen LogP contribution in [0.2, 0.25) is 0 Å². The van der Waals surface area contributed by atoms with Crippen molar-refractivity contribution in [3.8, 4) is 0 Å². The number of pyridine rings is 1. The molecule has 4 heteroatoms. The minimum absolute atomic E-state index is 0.0412. The molecule has 5 rings (SSSR count). The normalized spacial score (nSPS) is 41.0. The summed E-state index contributed by atoms with van der Waals surface area (Å²) in [7, 11) is 0. The highest BCUT2D eigenvalue weighted by molar-refractivity contribution is 5.89. The molecule has 0 radical (unpaired) electrons. The van der Waals surface area contributed by atoms with Gasteiger partial charge >= 0.3 is 5.97 Å². The number of allylic oxidation sites excluding steroid dienone is 1. The van der Waals surface area contributed by atoms with Gasteiger partial charge in [0.1, 0.15) is 11.9 Å². The van der Waals surface area contributed by atoms with Gasteiger partial charge in [0.05, 0.1) is 5.56 Å². The quantitative estimate of drug-likeness (QED) is 0.516. The Hall–Kier alpha value is -1.97. The summed E-state index contributed by atoms with van der Waals surface area (Å²) in [6, 6.07) is 3.53. The zero-order valence-corrected chi connectivity index (χ0v) is 17.5. The maximum absolute atomic E-state index is 12.6. The fourth-order valence-electron chi connectivity index (χ4n) is 7.20. The highest BCUT2D eigenvalue weighted by atomic mass is 16.5. The summed E-state index contributed by atoms with van der Waals surface area (Å²) in [5.74, 6) is 2.11. The SMILES string of the molecule is CC12CCC3C(CC=C4CC(OC(=O)c5cccnc5)CCC43C)C1CCC2=O. The molecule has 29 heavy (non-hydrogen) atoms. The Kier molecular flexibility index (Phi) is 4.45. The standard InChI is InChI=1S/C25H31NO3/c1-24-11-9-18(29-23(28)16-4-3-13-26-15-16)14-17(24)5-6-19-20-7-8-22(27)25(20,2)12-10-21(19)24/h3-5,13,15,18-21H,6-12,14H2,1-2H3. The highest BCUT2D eigenvalue weighted by Crippen LogP contribution is 2.64. The summed E-state index contributed by atoms with van der Waals surface area (Å²) in [4.78, 5) is 29.0. The lowest BCUT2D eigenvalue weighted by Gasteiger charge is -2.56. The third-order valence-electron chi connectivity index (χ3n) is 8.94. The van der Waals surface area contributed by atoms with Crippen LogP contribution in [0.1, 0.15) is 75.6 Å². The smallest absolute Gasteiger partial charge is 0.339 e. The number of Topliss-reactive ketones (excluding diaryl/α,β-unsaturated/α-hetero) is 1. The molecule has 0 N–H and O–H groups in total. The van der Waals surface area contributed by atoms with Gasteiger partial charge in [-0.1, -0.05) is 25.5 Å². The molecule has 0 amide bonds. The fraction of sp³-hybridized carbons (Fsp3) is 0.640. The molecular formula is C25H31NO3. The molecule has 0 spiro atoms. The number of nitrogens with zero attached hydrogens (tertiary/aromatic N) is 1. The van der Waals surface area contributed by atoms with Gasteiger partial charge in [0.25, 0.3) is 0 Å². The van der Waals surface area contributed by atoms with E-state index in [0.29, 0.717) is 29.1 Å². The molecule has 0 aromatic carbocycles. The van der Waals surface area contributed by atoms with Gasteiger partial charge in [-0.05, 0) is 73.8 Å². The second-order valence-corrected chi connectivity index (χ2v) is 10.2. The van der Waals surface area contributed by atoms with Crippen LogP contribution >= 0.6 is 0 Å². The molecule has 4 aliphatic rings. The average molecular weight is 394 g/mol. The number of fused-ring (bicyclic) bond motifs is 5. The third kappa shape index (κ3) is 2.90. The average Bonchev–Trinajstić information content (AvgIpc) is 3.03. The van der Waals surface area contributed by atoms with Crippen molar-refractivity contribution in [1.82, 2.24) is 4.98 Å². The van der Waals surface area contributed by atoms with Crippen molar-refractivity contribution in [2.45, 2.75) is 71.3 Å². The molecule has 0 saturated heterocycles. The number of hydrogen-bond acceptors (Lipinski definition) is 4. The van der Waals surface area contributed by atoms with Gasteiger partial charge in [0.15, 0.2) is 0 Å². The van der Waals surface area contributed by atoms with E-state index < -0.39 is 0 Å². The van der Waals surface area contributed by atoms with E-state index in [9.17, 15) is 9.59 Å². The molecular weight excluding hydrogens is 362 g/mol. The van der Waals surface area contributed by atoms with Crippen LogP contribution < -0.4 is 0 Å². The van der Waals surface area contributed by atoms with Gasteiger partial charge in [-0.15, -0.1) is 0 Å². The van der Waals surface area contributed by atoms with Crippen molar-refractivity contribution in [2.75, 3.05) is 0 Å². The molecule has 3 fully saturated rings. The zero-order chi connectivity index (χ0) is 20.2. The van der Waals surface area contributed by atoms with E-state index in [-0.39, 0.29) is 22.9 Å². The molecule has 3 saturated carbocycles. The summed E-state index contributed by atoms with van der Waals surface area (Å²) < 4.78 is 5.84. The molecule has 4 aliphatic carbocycles. The fourth-order valence-corrected chi connectivity index (χ4v) is 7.20. The van der Waals surface area contributed by atoms with Crippen LogP contribution in [0.15, 0.2) is 36.2 Å². The topological polar surface area (TPSA) is 56.3 Å². The van der Waals surface area contributed by atoms with Crippen LogP contribution in [0.4, 0.5) is 0 Å². The number of carbonyl (C=O) groups is 2. The Labute approximate surface area is 173 Å². The summed E-state index contributed by atoms with van der Waals surface area (Å²) in [6.45, 7) is 4.67. The molecule has 0 aliphatic heterocycles. The van der Waals surface area contributed by atoms with E-state index in [1.54, 1.807) is 24.5 Å². The van der Waals surface area contributed by atoms with Crippen molar-refractivity contribution >= 4 is 11.8 Å². The Balaban J connectivity index is 1.33. The van der Waals surface area contributed by atoms with Gasteiger partial charge in [-0.3, -0.25) is 9.78 Å². The van der Waals surface area contributed by atoms with E-state index in [2.05, 4.69) is 24.9 Å². The number of hydrogen-bond donors (Lipinski definition) is 0. The first-order chi connectivity index (χ1) is 13.9. The maximum Gasteiger partial charge on any atom is 0.339 e. The largest absolute Gasteiger partial charge is 0.458 e. The minimum atomic E-state index is -0.265. The Morgan fingerprint density at radius 3 is 2.72 bits per heavy atom. The lowest BCUT2D eigenvalue weighted by Crippen LogP contribution is -2.50. The van der Waals surface area contributed by atoms with Crippen molar-refractivity contribution in [2.24, 2.45) is 28.6 Å². The predicted octanol–water partition coefficient (Wildman–Crippen LogP) is 5.14. The zero-order valence-electron chi connectivity index (χ0n) is 17.5. The van der Waals surface area contributed by atoms with E-state index in [1.807, 2.05) is 0 Å². The third-order valence-corrected chi connectivity index (χ3v) is 8.94. The van der Waals surface area contributed by atoms with Gasteiger partial charge in [0, 0.05) is 30.7 Å². The second kappa shape index (κ2) is 6.78. The van der Waals surface area contributed by atoms with Crippen LogP contribution in [0.5, 0.6) is 0 Å². The lowest BCUT2D eigenvalue weighted by atomic mass is 9.48. The van der Waals surface area contributed by atoms with Crippen molar-refractivity contribution in [3.05, 3.63) is 41.7 Å². The first kappa shape index (κ1) is 19.0. The predicted molar refractivity (Wildman–Crippen MR) is 110 cm³/mol. The van der Waals surface area contributed by atoms with Crippen molar-refractivity contribution < 1.29 is 14.3 Å². The number of esters is 1. The maximum atomic E-state index is 12.6. The van der Waals surface area contributed by atoms with Crippen molar-refractivity contribution in [1.29, 1.82) is 0 Å². The van der Waals surface area contributed by atoms with E-state index >= 15 is 0 Å². The second-order valence-electron chi connectivity index (χ2n) is 10.2. The Morgan fingerprint density at radius 2 is 1.93 bits per heavy atom. The van der Waals surface area contributed by atoms with Crippen LogP contribution in [-0.2, 0) is 9.53 Å². The van der Waals surface area contributed by atoms with Gasteiger partial charge in [-0.25, -0.2) is 4.79 Å². The Morgan fingerprint density at radius 1 is 1.14 bits per heavy atom. The van der Waals surface area contributed by atoms with Crippen LogP contribution in [0.25, 0.3) is 0 Å². The summed E-state index contributed by atoms with van der Waals surface area (Å²) in [5.41, 5.74) is 2.14. The summed E-state index contributed by atoms with van der Waals surface area (Å²) in [5, 5.41) is 0. The molecule has 154 valence electrons. The monoisotopic (exact) mass is 393 g/mol. The molecule has 6 unspecified atom stereocenters. The van der Waals surface area contributed by atoms with Crippen molar-refractivity contribution in [3.63, 3.8) is 0 Å². The van der Waals surface area contributed by atoms with E-state index in [1.165, 1.54) is 5.57 Å². The molecule has 1 aromatic rings. The van der Waals surface area contributed by atoms with Gasteiger partial charge in [0.2, 0.25) is 0 Å². The minimum Gasteiger partial charge on any atom is -0.458 e. The molecule has 1 aromatic heterocycles. The van der Waals surface area contributed by atoms with Crippen LogP contribution in [-0.4, -0.2) is 22.8 Å². The summed E-state index contributed by atoms with van der Waals surface area (Å²) >= 11 is 0. The molecule has 4 nitrogen and oxygen atoms in total. The van der Waals surface area contributed by atoms with E-state index in [4.69, 9.17) is 4.74 Å². The van der Waals surface area contributed by atoms with Crippen LogP contribution in [0, 0.1) is 28.6 Å². The molecule has 0 bridgehead atoms.